The normalized spacial score (nSPS) is 17.7. The number of nitrogens with one attached hydrogen (secondary N) is 2. The number of oxime groups is 1. The van der Waals surface area contributed by atoms with Crippen LogP contribution in [0.25, 0.3) is 0 Å². The van der Waals surface area contributed by atoms with E-state index in [1.165, 1.54) is 28.0 Å². The van der Waals surface area contributed by atoms with Crippen molar-refractivity contribution >= 4 is 69.3 Å². The summed E-state index contributed by atoms with van der Waals surface area (Å²) in [5.74, 6) is -2.32. The zero-order chi connectivity index (χ0) is 47.5. The number of thiazole rings is 1. The van der Waals surface area contributed by atoms with Crippen molar-refractivity contribution in [3.05, 3.63) is 202 Å². The summed E-state index contributed by atoms with van der Waals surface area (Å²) in [5, 5.41) is 12.4. The van der Waals surface area contributed by atoms with Gasteiger partial charge in [-0.2, -0.15) is 0 Å². The van der Waals surface area contributed by atoms with Crippen LogP contribution < -0.4 is 10.6 Å². The Morgan fingerprint density at radius 1 is 0.809 bits per heavy atom. The molecule has 9 rings (SSSR count). The molecule has 0 spiro atoms. The zero-order valence-corrected chi connectivity index (χ0v) is 39.9. The van der Waals surface area contributed by atoms with E-state index in [1.54, 1.807) is 26.2 Å². The highest BCUT2D eigenvalue weighted by Crippen LogP contribution is 2.45. The number of hydrogen-bond acceptors (Lipinski definition) is 12. The van der Waals surface area contributed by atoms with Crippen LogP contribution in [0.1, 0.15) is 73.2 Å². The van der Waals surface area contributed by atoms with E-state index in [4.69, 9.17) is 30.9 Å². The van der Waals surface area contributed by atoms with Crippen LogP contribution in [0.5, 0.6) is 0 Å². The molecule has 1 saturated heterocycles. The van der Waals surface area contributed by atoms with Crippen molar-refractivity contribution in [3.63, 3.8) is 0 Å². The van der Waals surface area contributed by atoms with E-state index in [9.17, 15) is 19.2 Å². The summed E-state index contributed by atoms with van der Waals surface area (Å²) < 4.78 is 11.9. The predicted octanol–water partition coefficient (Wildman–Crippen LogP) is 9.37. The number of nitrogens with zero attached hydrogens (tertiary/aromatic N) is 3. The SMILES string of the molecule is CC(C)(C)OC(=O)C1(O/N=C(\C(=O)NC2C(=O)N3C(C(=O)OC(c4ccccc4)c4ccccc4)=C(CCl)CS[C@H]23)c2csc(NC(c3ccccc3)(c3ccccc3)c3ccccc3)n2)CC1. The molecular weight excluding hydrogens is 918 g/mol. The molecule has 346 valence electrons. The van der Waals surface area contributed by atoms with Crippen molar-refractivity contribution in [2.45, 2.75) is 67.9 Å². The van der Waals surface area contributed by atoms with E-state index in [0.717, 1.165) is 27.8 Å². The minimum atomic E-state index is -1.39. The first-order valence-electron chi connectivity index (χ1n) is 22.2. The average Bonchev–Trinajstić information content (AvgIpc) is 4.03. The van der Waals surface area contributed by atoms with Gasteiger partial charge in [0.1, 0.15) is 33.9 Å². The van der Waals surface area contributed by atoms with Crippen LogP contribution in [0.3, 0.4) is 0 Å². The van der Waals surface area contributed by atoms with Gasteiger partial charge in [-0.15, -0.1) is 34.7 Å². The van der Waals surface area contributed by atoms with Crippen LogP contribution >= 0.6 is 34.7 Å². The fourth-order valence-corrected chi connectivity index (χ4v) is 10.7. The molecule has 0 bridgehead atoms. The Morgan fingerprint density at radius 3 is 1.81 bits per heavy atom. The van der Waals surface area contributed by atoms with Gasteiger partial charge in [0.15, 0.2) is 16.9 Å². The number of fused-ring (bicyclic) bond motifs is 1. The van der Waals surface area contributed by atoms with Crippen molar-refractivity contribution in [2.75, 3.05) is 16.9 Å². The minimum absolute atomic E-state index is 0.0138. The van der Waals surface area contributed by atoms with Gasteiger partial charge in [-0.1, -0.05) is 157 Å². The van der Waals surface area contributed by atoms with E-state index < -0.39 is 58.0 Å². The molecular formula is C53H48ClN5O7S2. The largest absolute Gasteiger partial charge is 0.457 e. The number of ether oxygens (including phenoxy) is 2. The van der Waals surface area contributed by atoms with Crippen LogP contribution in [-0.2, 0) is 39.0 Å². The number of alkyl halides is 1. The molecule has 1 aliphatic carbocycles. The number of benzene rings is 5. The molecule has 12 nitrogen and oxygen atoms in total. The van der Waals surface area contributed by atoms with Crippen LogP contribution in [0.4, 0.5) is 5.13 Å². The third-order valence-corrected chi connectivity index (χ3v) is 14.2. The summed E-state index contributed by atoms with van der Waals surface area (Å²) in [4.78, 5) is 68.8. The quantitative estimate of drug-likeness (QED) is 0.0240. The lowest BCUT2D eigenvalue weighted by molar-refractivity contribution is -0.172. The van der Waals surface area contributed by atoms with Crippen LogP contribution in [0.2, 0.25) is 0 Å². The third kappa shape index (κ3) is 9.40. The Morgan fingerprint density at radius 2 is 1.32 bits per heavy atom. The van der Waals surface area contributed by atoms with Gasteiger partial charge in [-0.3, -0.25) is 14.5 Å². The standard InChI is InChI=1S/C53H48ClN5O7S2/c1-51(2,3)65-49(63)52(29-30-52)66-58-41(40-33-68-50(55-40)57-53(37-23-13-6-14-24-37,38-25-15-7-16-26-38)39-27-17-8-18-28-39)45(60)56-42-46(61)59-43(36(31-54)32-67-47(42)59)48(62)64-44(34-19-9-4-10-20-34)35-21-11-5-12-22-35/h4-28,33,42,44,47H,29-32H2,1-3H3,(H,55,57)(H,56,60)/b58-41-/t42?,47-/m1/s1. The van der Waals surface area contributed by atoms with Gasteiger partial charge in [-0.25, -0.2) is 14.6 Å². The second kappa shape index (κ2) is 19.5. The molecule has 3 aliphatic rings. The number of thioether (sulfide) groups is 1. The van der Waals surface area contributed by atoms with Crippen molar-refractivity contribution in [3.8, 4) is 0 Å². The highest BCUT2D eigenvalue weighted by Gasteiger charge is 2.57. The van der Waals surface area contributed by atoms with Crippen molar-refractivity contribution in [1.82, 2.24) is 15.2 Å². The number of halogens is 1. The molecule has 2 N–H and O–H groups in total. The van der Waals surface area contributed by atoms with Crippen LogP contribution in [-0.4, -0.2) is 73.6 Å². The summed E-state index contributed by atoms with van der Waals surface area (Å²) in [6.07, 6.45) is -0.106. The Kier molecular flexibility index (Phi) is 13.3. The molecule has 2 atom stereocenters. The Bertz CT molecular complexity index is 2720. The number of carbonyl (C=O) groups excluding carboxylic acids is 4. The van der Waals surface area contributed by atoms with E-state index in [-0.39, 0.29) is 23.0 Å². The van der Waals surface area contributed by atoms with Gasteiger partial charge < -0.3 is 24.9 Å². The third-order valence-electron chi connectivity index (χ3n) is 11.8. The molecule has 3 heterocycles. The van der Waals surface area contributed by atoms with Crippen molar-refractivity contribution in [2.24, 2.45) is 5.16 Å². The molecule has 5 aromatic carbocycles. The lowest BCUT2D eigenvalue weighted by Gasteiger charge is -2.49. The number of esters is 2. The molecule has 1 saturated carbocycles. The van der Waals surface area contributed by atoms with Crippen molar-refractivity contribution in [1.29, 1.82) is 0 Å². The lowest BCUT2D eigenvalue weighted by atomic mass is 9.77. The summed E-state index contributed by atoms with van der Waals surface area (Å²) in [5.41, 5.74) is 1.69. The van der Waals surface area contributed by atoms with Crippen LogP contribution in [0, 0.1) is 0 Å². The summed E-state index contributed by atoms with van der Waals surface area (Å²) in [7, 11) is 0. The first kappa shape index (κ1) is 46.4. The first-order valence-corrected chi connectivity index (χ1v) is 24.6. The van der Waals surface area contributed by atoms with Gasteiger partial charge in [0.05, 0.1) is 0 Å². The van der Waals surface area contributed by atoms with Gasteiger partial charge >= 0.3 is 11.9 Å². The van der Waals surface area contributed by atoms with Crippen LogP contribution in [0.15, 0.2) is 173 Å². The summed E-state index contributed by atoms with van der Waals surface area (Å²) >= 11 is 9.04. The number of aromatic nitrogens is 1. The van der Waals surface area contributed by atoms with E-state index >= 15 is 0 Å². The fourth-order valence-electron chi connectivity index (χ4n) is 8.27. The van der Waals surface area contributed by atoms with Crippen molar-refractivity contribution < 1.29 is 33.5 Å². The maximum absolute atomic E-state index is 14.7. The highest BCUT2D eigenvalue weighted by molar-refractivity contribution is 8.00. The van der Waals surface area contributed by atoms with Gasteiger partial charge in [0.25, 0.3) is 11.8 Å². The van der Waals surface area contributed by atoms with E-state index in [2.05, 4.69) is 15.8 Å². The number of carbonyl (C=O) groups is 4. The molecule has 1 aromatic heterocycles. The molecule has 1 unspecified atom stereocenters. The predicted molar refractivity (Wildman–Crippen MR) is 264 cm³/mol. The van der Waals surface area contributed by atoms with E-state index in [1.807, 2.05) is 152 Å². The van der Waals surface area contributed by atoms with E-state index in [0.29, 0.717) is 29.3 Å². The number of amides is 2. The fraction of sp³-hybridized carbons (Fsp3) is 0.245. The maximum Gasteiger partial charge on any atom is 0.356 e. The molecule has 15 heteroatoms. The number of anilines is 1. The number of rotatable bonds is 16. The molecule has 2 fully saturated rings. The Hall–Kier alpha value is -6.74. The summed E-state index contributed by atoms with van der Waals surface area (Å²) in [6, 6.07) is 47.7. The Labute approximate surface area is 407 Å². The second-order valence-electron chi connectivity index (χ2n) is 17.6. The molecule has 6 aromatic rings. The van der Waals surface area contributed by atoms with Gasteiger partial charge in [-0.05, 0) is 54.2 Å². The number of β-lactam (4-membered cyclic amide) rings is 1. The first-order chi connectivity index (χ1) is 32.9. The van der Waals surface area contributed by atoms with Gasteiger partial charge in [0, 0.05) is 29.9 Å². The average molecular weight is 967 g/mol. The molecule has 2 amide bonds. The second-order valence-corrected chi connectivity index (χ2v) is 19.8. The minimum Gasteiger partial charge on any atom is -0.457 e. The monoisotopic (exact) mass is 965 g/mol. The summed E-state index contributed by atoms with van der Waals surface area (Å²) in [6.45, 7) is 5.28. The maximum atomic E-state index is 14.7. The highest BCUT2D eigenvalue weighted by atomic mass is 35.5. The Balaban J connectivity index is 1.02. The molecule has 2 aliphatic heterocycles. The van der Waals surface area contributed by atoms with Gasteiger partial charge in [0.2, 0.25) is 5.60 Å². The topological polar surface area (TPSA) is 149 Å². The number of hydrogen-bond donors (Lipinski definition) is 2. The molecule has 0 radical (unpaired) electrons. The molecule has 68 heavy (non-hydrogen) atoms. The smallest absolute Gasteiger partial charge is 0.356 e. The zero-order valence-electron chi connectivity index (χ0n) is 37.5. The lowest BCUT2D eigenvalue weighted by Crippen LogP contribution is -2.71.